The van der Waals surface area contributed by atoms with Crippen LogP contribution in [0, 0.1) is 5.92 Å². The number of aromatic amines is 1. The van der Waals surface area contributed by atoms with Crippen LogP contribution in [0.2, 0.25) is 0 Å². The summed E-state index contributed by atoms with van der Waals surface area (Å²) in [6.45, 7) is 5.45. The van der Waals surface area contributed by atoms with Crippen LogP contribution in [-0.2, 0) is 4.79 Å². The van der Waals surface area contributed by atoms with E-state index in [-0.39, 0.29) is 17.9 Å². The van der Waals surface area contributed by atoms with E-state index in [0.29, 0.717) is 5.65 Å². The third-order valence-electron chi connectivity index (χ3n) is 3.79. The Morgan fingerprint density at radius 3 is 3.10 bits per heavy atom. The van der Waals surface area contributed by atoms with E-state index in [1.54, 1.807) is 6.33 Å². The van der Waals surface area contributed by atoms with E-state index < -0.39 is 0 Å². The highest BCUT2D eigenvalue weighted by atomic mass is 16.2. The van der Waals surface area contributed by atoms with E-state index in [1.807, 2.05) is 18.7 Å². The highest BCUT2D eigenvalue weighted by molar-refractivity contribution is 5.82. The maximum absolute atomic E-state index is 12.1. The molecule has 0 saturated carbocycles. The summed E-state index contributed by atoms with van der Waals surface area (Å²) in [7, 11) is 0. The number of likely N-dealkylation sites (tertiary alicyclic amines) is 1. The summed E-state index contributed by atoms with van der Waals surface area (Å²) in [6, 6.07) is 0.211. The number of piperidine rings is 1. The number of nitrogens with one attached hydrogen (secondary N) is 2. The Kier molecular flexibility index (Phi) is 3.72. The zero-order valence-corrected chi connectivity index (χ0v) is 12.3. The molecule has 1 amide bonds. The third kappa shape index (κ3) is 2.81. The standard InChI is InChI=1S/C14H20N6O/c1-9(2)14(21)20-5-3-4-10(6-20)19-13-11-12(16-7-15-11)17-8-18-13/h7-10H,3-6H2,1-2H3,(H2,15,16,17,18,19)/t10-/m0/s1. The fraction of sp³-hybridized carbons (Fsp3) is 0.571. The first-order chi connectivity index (χ1) is 10.1. The topological polar surface area (TPSA) is 86.8 Å². The van der Waals surface area contributed by atoms with Crippen molar-refractivity contribution in [2.75, 3.05) is 18.4 Å². The van der Waals surface area contributed by atoms with Crippen LogP contribution in [0.15, 0.2) is 12.7 Å². The van der Waals surface area contributed by atoms with Crippen LogP contribution >= 0.6 is 0 Å². The molecule has 2 aromatic rings. The zero-order chi connectivity index (χ0) is 14.8. The first kappa shape index (κ1) is 13.8. The SMILES string of the molecule is CC(C)C(=O)N1CCC[C@H](Nc2ncnc3nc[nH]c23)C1. The molecule has 0 aromatic carbocycles. The highest BCUT2D eigenvalue weighted by Crippen LogP contribution is 2.20. The molecule has 112 valence electrons. The second kappa shape index (κ2) is 5.67. The number of H-pyrrole nitrogens is 1. The smallest absolute Gasteiger partial charge is 0.225 e. The van der Waals surface area contributed by atoms with Gasteiger partial charge in [0.1, 0.15) is 11.8 Å². The van der Waals surface area contributed by atoms with Gasteiger partial charge in [-0.3, -0.25) is 4.79 Å². The molecule has 2 N–H and O–H groups in total. The molecule has 0 unspecified atom stereocenters. The average Bonchev–Trinajstić information content (AvgIpc) is 2.96. The summed E-state index contributed by atoms with van der Waals surface area (Å²) in [6.07, 6.45) is 5.15. The van der Waals surface area contributed by atoms with Crippen LogP contribution in [-0.4, -0.2) is 49.9 Å². The Morgan fingerprint density at radius 2 is 2.29 bits per heavy atom. The number of anilines is 1. The lowest BCUT2D eigenvalue weighted by Crippen LogP contribution is -2.46. The summed E-state index contributed by atoms with van der Waals surface area (Å²) in [5.41, 5.74) is 1.46. The Bertz CT molecular complexity index is 637. The van der Waals surface area contributed by atoms with Crippen LogP contribution in [0.5, 0.6) is 0 Å². The van der Waals surface area contributed by atoms with Gasteiger partial charge in [0.2, 0.25) is 5.91 Å². The number of rotatable bonds is 3. The molecular weight excluding hydrogens is 268 g/mol. The lowest BCUT2D eigenvalue weighted by atomic mass is 10.0. The van der Waals surface area contributed by atoms with Crippen molar-refractivity contribution in [3.05, 3.63) is 12.7 Å². The van der Waals surface area contributed by atoms with Gasteiger partial charge in [0.25, 0.3) is 0 Å². The van der Waals surface area contributed by atoms with Crippen molar-refractivity contribution in [3.63, 3.8) is 0 Å². The van der Waals surface area contributed by atoms with Gasteiger partial charge in [0, 0.05) is 25.0 Å². The second-order valence-corrected chi connectivity index (χ2v) is 5.75. The zero-order valence-electron chi connectivity index (χ0n) is 12.3. The fourth-order valence-corrected chi connectivity index (χ4v) is 2.73. The maximum atomic E-state index is 12.1. The van der Waals surface area contributed by atoms with Crippen LogP contribution in [0.3, 0.4) is 0 Å². The first-order valence-corrected chi connectivity index (χ1v) is 7.34. The van der Waals surface area contributed by atoms with E-state index in [0.717, 1.165) is 37.3 Å². The van der Waals surface area contributed by atoms with Crippen molar-refractivity contribution >= 4 is 22.9 Å². The average molecular weight is 288 g/mol. The van der Waals surface area contributed by atoms with Crippen molar-refractivity contribution in [2.24, 2.45) is 5.92 Å². The first-order valence-electron chi connectivity index (χ1n) is 7.34. The molecule has 1 fully saturated rings. The molecule has 0 aliphatic carbocycles. The highest BCUT2D eigenvalue weighted by Gasteiger charge is 2.25. The van der Waals surface area contributed by atoms with Gasteiger partial charge in [0.05, 0.1) is 6.33 Å². The number of fused-ring (bicyclic) bond motifs is 1. The largest absolute Gasteiger partial charge is 0.364 e. The summed E-state index contributed by atoms with van der Waals surface area (Å²) in [4.78, 5) is 29.6. The monoisotopic (exact) mass is 288 g/mol. The number of amides is 1. The van der Waals surface area contributed by atoms with Gasteiger partial charge < -0.3 is 15.2 Å². The Morgan fingerprint density at radius 1 is 1.43 bits per heavy atom. The van der Waals surface area contributed by atoms with Crippen LogP contribution < -0.4 is 5.32 Å². The lowest BCUT2D eigenvalue weighted by Gasteiger charge is -2.34. The van der Waals surface area contributed by atoms with Crippen molar-refractivity contribution in [1.82, 2.24) is 24.8 Å². The Balaban J connectivity index is 1.73. The molecule has 3 rings (SSSR count). The third-order valence-corrected chi connectivity index (χ3v) is 3.79. The van der Waals surface area contributed by atoms with Gasteiger partial charge in [-0.15, -0.1) is 0 Å². The van der Waals surface area contributed by atoms with Gasteiger partial charge in [-0.05, 0) is 12.8 Å². The molecule has 7 heteroatoms. The minimum atomic E-state index is 0.0436. The molecular formula is C14H20N6O. The van der Waals surface area contributed by atoms with Crippen molar-refractivity contribution in [3.8, 4) is 0 Å². The molecule has 1 aliphatic heterocycles. The molecule has 1 saturated heterocycles. The molecule has 7 nitrogen and oxygen atoms in total. The quantitative estimate of drug-likeness (QED) is 0.891. The molecule has 1 aliphatic rings. The Hall–Kier alpha value is -2.18. The summed E-state index contributed by atoms with van der Waals surface area (Å²) in [5, 5.41) is 3.42. The van der Waals surface area contributed by atoms with Crippen molar-refractivity contribution < 1.29 is 4.79 Å². The molecule has 0 radical (unpaired) electrons. The number of hydrogen-bond acceptors (Lipinski definition) is 5. The maximum Gasteiger partial charge on any atom is 0.225 e. The van der Waals surface area contributed by atoms with Gasteiger partial charge in [-0.25, -0.2) is 15.0 Å². The number of imidazole rings is 1. The fourth-order valence-electron chi connectivity index (χ4n) is 2.73. The van der Waals surface area contributed by atoms with E-state index in [9.17, 15) is 4.79 Å². The van der Waals surface area contributed by atoms with E-state index in [2.05, 4.69) is 25.3 Å². The van der Waals surface area contributed by atoms with Gasteiger partial charge in [-0.1, -0.05) is 13.8 Å². The number of aromatic nitrogens is 4. The van der Waals surface area contributed by atoms with Crippen molar-refractivity contribution in [2.45, 2.75) is 32.7 Å². The summed E-state index contributed by atoms with van der Waals surface area (Å²) in [5.74, 6) is 1.01. The minimum absolute atomic E-state index is 0.0436. The van der Waals surface area contributed by atoms with Crippen LogP contribution in [0.1, 0.15) is 26.7 Å². The van der Waals surface area contributed by atoms with Crippen molar-refractivity contribution in [1.29, 1.82) is 0 Å². The van der Waals surface area contributed by atoms with Crippen LogP contribution in [0.25, 0.3) is 11.2 Å². The predicted molar refractivity (Wildman–Crippen MR) is 79.7 cm³/mol. The molecule has 0 bridgehead atoms. The van der Waals surface area contributed by atoms with E-state index in [4.69, 9.17) is 0 Å². The van der Waals surface area contributed by atoms with Gasteiger partial charge >= 0.3 is 0 Å². The Labute approximate surface area is 123 Å². The van der Waals surface area contributed by atoms with E-state index in [1.165, 1.54) is 6.33 Å². The molecule has 1 atom stereocenters. The lowest BCUT2D eigenvalue weighted by molar-refractivity contribution is -0.135. The predicted octanol–water partition coefficient (Wildman–Crippen LogP) is 1.41. The number of hydrogen-bond donors (Lipinski definition) is 2. The second-order valence-electron chi connectivity index (χ2n) is 5.75. The number of nitrogens with zero attached hydrogens (tertiary/aromatic N) is 4. The summed E-state index contributed by atoms with van der Waals surface area (Å²) < 4.78 is 0. The molecule has 0 spiro atoms. The van der Waals surface area contributed by atoms with Crippen LogP contribution in [0.4, 0.5) is 5.82 Å². The minimum Gasteiger partial charge on any atom is -0.364 e. The van der Waals surface area contributed by atoms with Gasteiger partial charge in [0.15, 0.2) is 11.5 Å². The summed E-state index contributed by atoms with van der Waals surface area (Å²) >= 11 is 0. The van der Waals surface area contributed by atoms with E-state index >= 15 is 0 Å². The number of carbonyl (C=O) groups is 1. The normalized spacial score (nSPS) is 19.2. The van der Waals surface area contributed by atoms with Gasteiger partial charge in [-0.2, -0.15) is 0 Å². The molecule has 2 aromatic heterocycles. The number of carbonyl (C=O) groups excluding carboxylic acids is 1. The molecule has 21 heavy (non-hydrogen) atoms. The molecule has 3 heterocycles.